The molecule has 0 unspecified atom stereocenters. The minimum absolute atomic E-state index is 0.143. The SMILES string of the molecule is CC(C)(C)c1ccc(-c2nc(Cl)nc3ccccc23)cc1. The van der Waals surface area contributed by atoms with Gasteiger partial charge in [0.15, 0.2) is 0 Å². The number of rotatable bonds is 1. The molecule has 0 saturated carbocycles. The fraction of sp³-hybridized carbons (Fsp3) is 0.222. The monoisotopic (exact) mass is 296 g/mol. The number of nitrogens with zero attached hydrogens (tertiary/aromatic N) is 2. The van der Waals surface area contributed by atoms with Gasteiger partial charge in [0, 0.05) is 10.9 Å². The molecule has 1 aromatic heterocycles. The molecule has 0 atom stereocenters. The molecule has 0 spiro atoms. The van der Waals surface area contributed by atoms with Gasteiger partial charge in [-0.1, -0.05) is 63.2 Å². The Morgan fingerprint density at radius 1 is 0.857 bits per heavy atom. The van der Waals surface area contributed by atoms with Crippen LogP contribution in [-0.4, -0.2) is 9.97 Å². The number of benzene rings is 2. The van der Waals surface area contributed by atoms with Gasteiger partial charge in [-0.3, -0.25) is 0 Å². The van der Waals surface area contributed by atoms with Crippen LogP contribution in [0.15, 0.2) is 48.5 Å². The zero-order valence-corrected chi connectivity index (χ0v) is 13.1. The smallest absolute Gasteiger partial charge is 0.218 e. The highest BCUT2D eigenvalue weighted by atomic mass is 35.5. The first-order chi connectivity index (χ1) is 9.95. The lowest BCUT2D eigenvalue weighted by Crippen LogP contribution is -2.10. The van der Waals surface area contributed by atoms with E-state index < -0.39 is 0 Å². The maximum Gasteiger partial charge on any atom is 0.223 e. The Kier molecular flexibility index (Phi) is 3.42. The van der Waals surface area contributed by atoms with Crippen molar-refractivity contribution in [1.82, 2.24) is 9.97 Å². The van der Waals surface area contributed by atoms with Gasteiger partial charge in [0.25, 0.3) is 0 Å². The molecule has 106 valence electrons. The van der Waals surface area contributed by atoms with E-state index >= 15 is 0 Å². The molecular formula is C18H17ClN2. The average molecular weight is 297 g/mol. The third-order valence-electron chi connectivity index (χ3n) is 3.60. The third kappa shape index (κ3) is 2.77. The van der Waals surface area contributed by atoms with Crippen LogP contribution in [0.3, 0.4) is 0 Å². The molecule has 0 fully saturated rings. The van der Waals surface area contributed by atoms with Crippen LogP contribution in [0.2, 0.25) is 5.28 Å². The summed E-state index contributed by atoms with van der Waals surface area (Å²) < 4.78 is 0. The lowest BCUT2D eigenvalue weighted by molar-refractivity contribution is 0.590. The summed E-state index contributed by atoms with van der Waals surface area (Å²) in [5, 5.41) is 1.30. The van der Waals surface area contributed by atoms with Gasteiger partial charge in [0.05, 0.1) is 11.2 Å². The van der Waals surface area contributed by atoms with Gasteiger partial charge in [-0.15, -0.1) is 0 Å². The van der Waals surface area contributed by atoms with E-state index in [2.05, 4.69) is 55.0 Å². The second-order valence-electron chi connectivity index (χ2n) is 6.19. The molecule has 0 aliphatic heterocycles. The van der Waals surface area contributed by atoms with E-state index in [4.69, 9.17) is 11.6 Å². The predicted molar refractivity (Wildman–Crippen MR) is 88.7 cm³/mol. The maximum absolute atomic E-state index is 6.06. The minimum Gasteiger partial charge on any atom is -0.218 e. The molecule has 0 aliphatic carbocycles. The van der Waals surface area contributed by atoms with Crippen LogP contribution < -0.4 is 0 Å². The standard InChI is InChI=1S/C18H17ClN2/c1-18(2,3)13-10-8-12(9-11-13)16-14-6-4-5-7-15(14)20-17(19)21-16/h4-11H,1-3H3. The molecule has 3 rings (SSSR count). The number of aromatic nitrogens is 2. The van der Waals surface area contributed by atoms with E-state index in [1.54, 1.807) is 0 Å². The average Bonchev–Trinajstić information content (AvgIpc) is 2.45. The first-order valence-corrected chi connectivity index (χ1v) is 7.36. The van der Waals surface area contributed by atoms with E-state index in [0.717, 1.165) is 22.2 Å². The van der Waals surface area contributed by atoms with Crippen molar-refractivity contribution in [3.63, 3.8) is 0 Å². The Bertz CT molecular complexity index is 786. The molecule has 1 heterocycles. The Morgan fingerprint density at radius 3 is 2.19 bits per heavy atom. The highest BCUT2D eigenvalue weighted by Crippen LogP contribution is 2.29. The fourth-order valence-electron chi connectivity index (χ4n) is 2.40. The zero-order valence-electron chi connectivity index (χ0n) is 12.4. The van der Waals surface area contributed by atoms with Gasteiger partial charge >= 0.3 is 0 Å². The number of hydrogen-bond acceptors (Lipinski definition) is 2. The molecule has 0 radical (unpaired) electrons. The highest BCUT2D eigenvalue weighted by molar-refractivity contribution is 6.28. The van der Waals surface area contributed by atoms with Crippen molar-refractivity contribution in [2.75, 3.05) is 0 Å². The fourth-order valence-corrected chi connectivity index (χ4v) is 2.57. The van der Waals surface area contributed by atoms with Crippen LogP contribution in [0.25, 0.3) is 22.2 Å². The molecule has 3 aromatic rings. The van der Waals surface area contributed by atoms with Crippen molar-refractivity contribution in [1.29, 1.82) is 0 Å². The van der Waals surface area contributed by atoms with Crippen molar-refractivity contribution in [2.45, 2.75) is 26.2 Å². The first kappa shape index (κ1) is 14.0. The summed E-state index contributed by atoms with van der Waals surface area (Å²) in [6.07, 6.45) is 0. The summed E-state index contributed by atoms with van der Waals surface area (Å²) >= 11 is 6.06. The number of para-hydroxylation sites is 1. The molecule has 0 amide bonds. The Labute approximate surface area is 129 Å². The quantitative estimate of drug-likeness (QED) is 0.573. The van der Waals surface area contributed by atoms with Crippen LogP contribution in [-0.2, 0) is 5.41 Å². The van der Waals surface area contributed by atoms with Crippen LogP contribution in [0.1, 0.15) is 26.3 Å². The number of halogens is 1. The Morgan fingerprint density at radius 2 is 1.52 bits per heavy atom. The molecule has 0 bridgehead atoms. The van der Waals surface area contributed by atoms with Crippen molar-refractivity contribution in [3.8, 4) is 11.3 Å². The van der Waals surface area contributed by atoms with Gasteiger partial charge < -0.3 is 0 Å². The van der Waals surface area contributed by atoms with Gasteiger partial charge in [-0.2, -0.15) is 0 Å². The Balaban J connectivity index is 2.16. The van der Waals surface area contributed by atoms with Gasteiger partial charge in [0.2, 0.25) is 5.28 Å². The van der Waals surface area contributed by atoms with Crippen molar-refractivity contribution in [2.24, 2.45) is 0 Å². The normalized spacial score (nSPS) is 11.8. The summed E-state index contributed by atoms with van der Waals surface area (Å²) in [5.41, 5.74) is 4.25. The molecule has 0 aliphatic rings. The van der Waals surface area contributed by atoms with Crippen molar-refractivity contribution < 1.29 is 0 Å². The van der Waals surface area contributed by atoms with Crippen LogP contribution >= 0.6 is 11.6 Å². The molecule has 21 heavy (non-hydrogen) atoms. The summed E-state index contributed by atoms with van der Waals surface area (Å²) in [7, 11) is 0. The molecule has 2 nitrogen and oxygen atoms in total. The molecule has 2 aromatic carbocycles. The number of hydrogen-bond donors (Lipinski definition) is 0. The van der Waals surface area contributed by atoms with Crippen molar-refractivity contribution >= 4 is 22.5 Å². The summed E-state index contributed by atoms with van der Waals surface area (Å²) in [5.74, 6) is 0. The topological polar surface area (TPSA) is 25.8 Å². The zero-order chi connectivity index (χ0) is 15.0. The summed E-state index contributed by atoms with van der Waals surface area (Å²) in [4.78, 5) is 8.69. The lowest BCUT2D eigenvalue weighted by Gasteiger charge is -2.19. The molecule has 3 heteroatoms. The molecule has 0 N–H and O–H groups in total. The number of fused-ring (bicyclic) bond motifs is 1. The van der Waals surface area contributed by atoms with Crippen LogP contribution in [0.4, 0.5) is 0 Å². The largest absolute Gasteiger partial charge is 0.223 e. The van der Waals surface area contributed by atoms with Gasteiger partial charge in [0.1, 0.15) is 0 Å². The van der Waals surface area contributed by atoms with Gasteiger partial charge in [-0.25, -0.2) is 9.97 Å². The predicted octanol–water partition coefficient (Wildman–Crippen LogP) is 5.25. The van der Waals surface area contributed by atoms with Crippen LogP contribution in [0.5, 0.6) is 0 Å². The molecular weight excluding hydrogens is 280 g/mol. The highest BCUT2D eigenvalue weighted by Gasteiger charge is 2.14. The third-order valence-corrected chi connectivity index (χ3v) is 3.77. The van der Waals surface area contributed by atoms with E-state index in [0.29, 0.717) is 0 Å². The second-order valence-corrected chi connectivity index (χ2v) is 6.52. The lowest BCUT2D eigenvalue weighted by atomic mass is 9.86. The second kappa shape index (κ2) is 5.12. The van der Waals surface area contributed by atoms with E-state index in [-0.39, 0.29) is 10.7 Å². The summed E-state index contributed by atoms with van der Waals surface area (Å²) in [6, 6.07) is 16.4. The first-order valence-electron chi connectivity index (χ1n) is 6.98. The van der Waals surface area contributed by atoms with Gasteiger partial charge in [-0.05, 0) is 28.6 Å². The Hall–Kier alpha value is -1.93. The van der Waals surface area contributed by atoms with Crippen molar-refractivity contribution in [3.05, 3.63) is 59.4 Å². The van der Waals surface area contributed by atoms with E-state index in [1.165, 1.54) is 5.56 Å². The summed E-state index contributed by atoms with van der Waals surface area (Å²) in [6.45, 7) is 6.62. The van der Waals surface area contributed by atoms with E-state index in [9.17, 15) is 0 Å². The minimum atomic E-state index is 0.143. The maximum atomic E-state index is 6.06. The van der Waals surface area contributed by atoms with Crippen LogP contribution in [0, 0.1) is 0 Å². The molecule has 0 saturated heterocycles. The van der Waals surface area contributed by atoms with E-state index in [1.807, 2.05) is 24.3 Å².